The van der Waals surface area contributed by atoms with Gasteiger partial charge < -0.3 is 0 Å². The molecule has 98 valence electrons. The zero-order chi connectivity index (χ0) is 12.1. The van der Waals surface area contributed by atoms with Gasteiger partial charge in [0.25, 0.3) is 0 Å². The summed E-state index contributed by atoms with van der Waals surface area (Å²) in [4.78, 5) is 14.1. The second-order valence-electron chi connectivity index (χ2n) is 5.84. The SMILES string of the molecule is CCCCCCCCN1C2CCC1CC(=O)C2. The monoisotopic (exact) mass is 237 g/mol. The van der Waals surface area contributed by atoms with E-state index in [-0.39, 0.29) is 0 Å². The average Bonchev–Trinajstić information content (AvgIpc) is 2.56. The quantitative estimate of drug-likeness (QED) is 0.631. The van der Waals surface area contributed by atoms with Crippen molar-refractivity contribution >= 4 is 5.78 Å². The van der Waals surface area contributed by atoms with E-state index in [0.29, 0.717) is 17.9 Å². The Bertz CT molecular complexity index is 235. The molecule has 2 rings (SSSR count). The minimum Gasteiger partial charge on any atom is -0.300 e. The number of rotatable bonds is 7. The number of nitrogens with zero attached hydrogens (tertiary/aromatic N) is 1. The smallest absolute Gasteiger partial charge is 0.136 e. The van der Waals surface area contributed by atoms with E-state index in [1.165, 1.54) is 57.9 Å². The standard InChI is InChI=1S/C15H27NO/c1-2-3-4-5-6-7-10-16-13-8-9-14(16)12-15(17)11-13/h13-14H,2-12H2,1H3. The van der Waals surface area contributed by atoms with Gasteiger partial charge in [0, 0.05) is 24.9 Å². The zero-order valence-electron chi connectivity index (χ0n) is 11.3. The number of unbranched alkanes of at least 4 members (excludes halogenated alkanes) is 5. The molecule has 2 atom stereocenters. The molecule has 0 radical (unpaired) electrons. The van der Waals surface area contributed by atoms with E-state index in [4.69, 9.17) is 0 Å². The number of fused-ring (bicyclic) bond motifs is 2. The van der Waals surface area contributed by atoms with Gasteiger partial charge in [-0.25, -0.2) is 0 Å². The van der Waals surface area contributed by atoms with Gasteiger partial charge in [-0.15, -0.1) is 0 Å². The van der Waals surface area contributed by atoms with Crippen molar-refractivity contribution in [2.45, 2.75) is 83.2 Å². The molecule has 2 fully saturated rings. The summed E-state index contributed by atoms with van der Waals surface area (Å²) in [5, 5.41) is 0. The van der Waals surface area contributed by atoms with Crippen molar-refractivity contribution in [2.75, 3.05) is 6.54 Å². The highest BCUT2D eigenvalue weighted by molar-refractivity contribution is 5.80. The van der Waals surface area contributed by atoms with E-state index in [1.807, 2.05) is 0 Å². The highest BCUT2D eigenvalue weighted by atomic mass is 16.1. The molecule has 2 saturated heterocycles. The highest BCUT2D eigenvalue weighted by Crippen LogP contribution is 2.33. The predicted octanol–water partition coefficient (Wildman–Crippen LogP) is 3.54. The topological polar surface area (TPSA) is 20.3 Å². The molecule has 2 aliphatic heterocycles. The van der Waals surface area contributed by atoms with Crippen LogP contribution in [0.2, 0.25) is 0 Å². The molecule has 0 saturated carbocycles. The molecular weight excluding hydrogens is 210 g/mol. The third-order valence-corrected chi connectivity index (χ3v) is 4.47. The highest BCUT2D eigenvalue weighted by Gasteiger charge is 2.39. The molecular formula is C15H27NO. The van der Waals surface area contributed by atoms with Crippen LogP contribution in [-0.4, -0.2) is 29.3 Å². The molecule has 2 nitrogen and oxygen atoms in total. The molecule has 0 spiro atoms. The molecule has 2 heterocycles. The fourth-order valence-corrected chi connectivity index (χ4v) is 3.50. The number of carbonyl (C=O) groups excluding carboxylic acids is 1. The van der Waals surface area contributed by atoms with E-state index in [2.05, 4.69) is 11.8 Å². The van der Waals surface area contributed by atoms with Crippen molar-refractivity contribution < 1.29 is 4.79 Å². The number of carbonyl (C=O) groups is 1. The second-order valence-corrected chi connectivity index (χ2v) is 5.84. The van der Waals surface area contributed by atoms with Crippen molar-refractivity contribution in [1.82, 2.24) is 4.90 Å². The molecule has 0 aromatic carbocycles. The number of hydrogen-bond donors (Lipinski definition) is 0. The molecule has 17 heavy (non-hydrogen) atoms. The molecule has 2 aliphatic rings. The van der Waals surface area contributed by atoms with Gasteiger partial charge in [-0.3, -0.25) is 9.69 Å². The van der Waals surface area contributed by atoms with Crippen LogP contribution in [0.3, 0.4) is 0 Å². The Morgan fingerprint density at radius 1 is 1.00 bits per heavy atom. The maximum atomic E-state index is 11.5. The Balaban J connectivity index is 1.62. The van der Waals surface area contributed by atoms with E-state index >= 15 is 0 Å². The van der Waals surface area contributed by atoms with Gasteiger partial charge in [-0.2, -0.15) is 0 Å². The number of Topliss-reactive ketones (excluding diaryl/α,β-unsaturated/α-hetero) is 1. The molecule has 2 bridgehead atoms. The number of ketones is 1. The second kappa shape index (κ2) is 6.53. The molecule has 0 aliphatic carbocycles. The van der Waals surface area contributed by atoms with Crippen molar-refractivity contribution in [3.63, 3.8) is 0 Å². The van der Waals surface area contributed by atoms with Crippen LogP contribution < -0.4 is 0 Å². The molecule has 2 unspecified atom stereocenters. The lowest BCUT2D eigenvalue weighted by Gasteiger charge is -2.33. The summed E-state index contributed by atoms with van der Waals surface area (Å²) >= 11 is 0. The maximum Gasteiger partial charge on any atom is 0.136 e. The van der Waals surface area contributed by atoms with Gasteiger partial charge >= 0.3 is 0 Å². The zero-order valence-corrected chi connectivity index (χ0v) is 11.3. The van der Waals surface area contributed by atoms with Crippen LogP contribution in [0.5, 0.6) is 0 Å². The van der Waals surface area contributed by atoms with Crippen molar-refractivity contribution in [2.24, 2.45) is 0 Å². The first-order chi connectivity index (χ1) is 8.31. The number of hydrogen-bond acceptors (Lipinski definition) is 2. The molecule has 0 aromatic heterocycles. The Hall–Kier alpha value is -0.370. The normalized spacial score (nSPS) is 28.9. The summed E-state index contributed by atoms with van der Waals surface area (Å²) in [6, 6.07) is 1.22. The van der Waals surface area contributed by atoms with Gasteiger partial charge in [0.15, 0.2) is 0 Å². The Labute approximate surface area is 106 Å². The molecule has 0 N–H and O–H groups in total. The van der Waals surface area contributed by atoms with Crippen LogP contribution in [0.25, 0.3) is 0 Å². The van der Waals surface area contributed by atoms with Crippen LogP contribution in [0.1, 0.15) is 71.1 Å². The molecule has 0 amide bonds. The van der Waals surface area contributed by atoms with Gasteiger partial charge in [-0.1, -0.05) is 39.0 Å². The van der Waals surface area contributed by atoms with E-state index in [0.717, 1.165) is 12.8 Å². The van der Waals surface area contributed by atoms with Crippen LogP contribution in [0.4, 0.5) is 0 Å². The molecule has 2 heteroatoms. The lowest BCUT2D eigenvalue weighted by Crippen LogP contribution is -2.43. The first-order valence-electron chi connectivity index (χ1n) is 7.58. The van der Waals surface area contributed by atoms with Crippen LogP contribution in [-0.2, 0) is 4.79 Å². The average molecular weight is 237 g/mol. The first-order valence-corrected chi connectivity index (χ1v) is 7.58. The predicted molar refractivity (Wildman–Crippen MR) is 71.1 cm³/mol. The van der Waals surface area contributed by atoms with Crippen LogP contribution in [0.15, 0.2) is 0 Å². The fourth-order valence-electron chi connectivity index (χ4n) is 3.50. The third-order valence-electron chi connectivity index (χ3n) is 4.47. The largest absolute Gasteiger partial charge is 0.300 e. The maximum absolute atomic E-state index is 11.5. The Morgan fingerprint density at radius 2 is 1.59 bits per heavy atom. The summed E-state index contributed by atoms with van der Waals surface area (Å²) in [7, 11) is 0. The van der Waals surface area contributed by atoms with E-state index in [9.17, 15) is 4.79 Å². The first kappa shape index (κ1) is 13.1. The third kappa shape index (κ3) is 3.54. The van der Waals surface area contributed by atoms with Gasteiger partial charge in [0.2, 0.25) is 0 Å². The lowest BCUT2D eigenvalue weighted by atomic mass is 10.0. The lowest BCUT2D eigenvalue weighted by molar-refractivity contribution is -0.123. The van der Waals surface area contributed by atoms with Gasteiger partial charge in [0.05, 0.1) is 0 Å². The van der Waals surface area contributed by atoms with Crippen LogP contribution in [0, 0.1) is 0 Å². The summed E-state index contributed by atoms with van der Waals surface area (Å²) in [5.41, 5.74) is 0. The fraction of sp³-hybridized carbons (Fsp3) is 0.933. The van der Waals surface area contributed by atoms with Crippen LogP contribution >= 0.6 is 0 Å². The Morgan fingerprint density at radius 3 is 2.24 bits per heavy atom. The summed E-state index contributed by atoms with van der Waals surface area (Å²) in [5.74, 6) is 0.511. The van der Waals surface area contributed by atoms with Crippen molar-refractivity contribution in [3.8, 4) is 0 Å². The van der Waals surface area contributed by atoms with E-state index < -0.39 is 0 Å². The Kier molecular flexibility index (Phi) is 5.02. The summed E-state index contributed by atoms with van der Waals surface area (Å²) < 4.78 is 0. The van der Waals surface area contributed by atoms with E-state index in [1.54, 1.807) is 0 Å². The summed E-state index contributed by atoms with van der Waals surface area (Å²) in [6.45, 7) is 3.51. The van der Waals surface area contributed by atoms with Crippen molar-refractivity contribution in [1.29, 1.82) is 0 Å². The number of piperidine rings is 1. The minimum atomic E-state index is 0.511. The minimum absolute atomic E-state index is 0.511. The van der Waals surface area contributed by atoms with Crippen molar-refractivity contribution in [3.05, 3.63) is 0 Å². The van der Waals surface area contributed by atoms with Gasteiger partial charge in [-0.05, 0) is 25.8 Å². The summed E-state index contributed by atoms with van der Waals surface area (Å²) in [6.07, 6.45) is 12.5. The van der Waals surface area contributed by atoms with Gasteiger partial charge in [0.1, 0.15) is 5.78 Å². The molecule has 0 aromatic rings.